The third kappa shape index (κ3) is 2.46. The zero-order valence-electron chi connectivity index (χ0n) is 16.6. The first-order valence-electron chi connectivity index (χ1n) is 10.2. The van der Waals surface area contributed by atoms with Crippen molar-refractivity contribution in [1.29, 1.82) is 0 Å². The van der Waals surface area contributed by atoms with E-state index in [2.05, 4.69) is 71.9 Å². The van der Waals surface area contributed by atoms with Crippen LogP contribution in [0.25, 0.3) is 10.9 Å². The first kappa shape index (κ1) is 17.3. The Hall–Kier alpha value is -2.81. The van der Waals surface area contributed by atoms with Gasteiger partial charge in [0.15, 0.2) is 0 Å². The van der Waals surface area contributed by atoms with Crippen LogP contribution < -0.4 is 0 Å². The van der Waals surface area contributed by atoms with E-state index < -0.39 is 0 Å². The third-order valence-electron chi connectivity index (χ3n) is 6.46. The highest BCUT2D eigenvalue weighted by molar-refractivity contribution is 5.93. The topological polar surface area (TPSA) is 25.2 Å². The molecule has 0 bridgehead atoms. The largest absolute Gasteiger partial charge is 0.337 e. The summed E-state index contributed by atoms with van der Waals surface area (Å²) in [5.41, 5.74) is 4.93. The Kier molecular flexibility index (Phi) is 3.94. The van der Waals surface area contributed by atoms with Gasteiger partial charge in [-0.25, -0.2) is 0 Å². The fourth-order valence-corrected chi connectivity index (χ4v) is 5.35. The van der Waals surface area contributed by atoms with Crippen LogP contribution in [0, 0.1) is 0 Å². The average Bonchev–Trinajstić information content (AvgIpc) is 3.15. The molecule has 2 aromatic carbocycles. The maximum Gasteiger partial charge on any atom is 0.232 e. The van der Waals surface area contributed by atoms with Gasteiger partial charge in [-0.15, -0.1) is 0 Å². The van der Waals surface area contributed by atoms with Crippen LogP contribution in [0.15, 0.2) is 66.7 Å². The Morgan fingerprint density at radius 2 is 1.86 bits per heavy atom. The summed E-state index contributed by atoms with van der Waals surface area (Å²) in [6.45, 7) is 5.81. The second-order valence-corrected chi connectivity index (χ2v) is 8.33. The van der Waals surface area contributed by atoms with E-state index in [1.807, 2.05) is 18.2 Å². The summed E-state index contributed by atoms with van der Waals surface area (Å²) in [7, 11) is 0. The minimum Gasteiger partial charge on any atom is -0.337 e. The molecule has 1 aromatic heterocycles. The van der Waals surface area contributed by atoms with Crippen molar-refractivity contribution in [3.63, 3.8) is 0 Å². The molecule has 2 aliphatic heterocycles. The lowest BCUT2D eigenvalue weighted by atomic mass is 9.89. The SMILES string of the molecule is C/C=C/[C@@]1(C)C[C@@H]2C(=O)N(Cc3ccccc3)CCc3c2n1c1ccccc31. The number of para-hydroxylation sites is 1. The summed E-state index contributed by atoms with van der Waals surface area (Å²) in [6.07, 6.45) is 6.15. The minimum absolute atomic E-state index is 0.0604. The van der Waals surface area contributed by atoms with Crippen LogP contribution in [0.5, 0.6) is 0 Å². The van der Waals surface area contributed by atoms with Gasteiger partial charge in [0.1, 0.15) is 0 Å². The molecule has 3 heteroatoms. The molecule has 3 aromatic rings. The summed E-state index contributed by atoms with van der Waals surface area (Å²) < 4.78 is 2.45. The van der Waals surface area contributed by atoms with Crippen molar-refractivity contribution in [2.45, 2.75) is 44.7 Å². The second kappa shape index (κ2) is 6.37. The molecule has 1 amide bonds. The Bertz CT molecular complexity index is 1080. The molecule has 28 heavy (non-hydrogen) atoms. The molecule has 0 fully saturated rings. The Morgan fingerprint density at radius 1 is 1.11 bits per heavy atom. The van der Waals surface area contributed by atoms with Crippen LogP contribution in [-0.4, -0.2) is 21.9 Å². The monoisotopic (exact) mass is 370 g/mol. The highest BCUT2D eigenvalue weighted by Crippen LogP contribution is 2.49. The maximum absolute atomic E-state index is 13.6. The normalized spacial score (nSPS) is 24.1. The van der Waals surface area contributed by atoms with E-state index in [-0.39, 0.29) is 17.4 Å². The molecule has 0 saturated carbocycles. The summed E-state index contributed by atoms with van der Waals surface area (Å²) in [4.78, 5) is 15.7. The Morgan fingerprint density at radius 3 is 2.64 bits per heavy atom. The van der Waals surface area contributed by atoms with Gasteiger partial charge < -0.3 is 9.47 Å². The van der Waals surface area contributed by atoms with Crippen LogP contribution in [0.1, 0.15) is 43.0 Å². The van der Waals surface area contributed by atoms with Gasteiger partial charge in [0.2, 0.25) is 5.91 Å². The molecule has 2 aliphatic rings. The number of carbonyl (C=O) groups excluding carboxylic acids is 1. The number of fused-ring (bicyclic) bond motifs is 3. The molecule has 3 nitrogen and oxygen atoms in total. The summed E-state index contributed by atoms with van der Waals surface area (Å²) in [6, 6.07) is 19.0. The van der Waals surface area contributed by atoms with Crippen molar-refractivity contribution < 1.29 is 4.79 Å². The van der Waals surface area contributed by atoms with Gasteiger partial charge in [0, 0.05) is 29.7 Å². The predicted octanol–water partition coefficient (Wildman–Crippen LogP) is 5.00. The highest BCUT2D eigenvalue weighted by Gasteiger charge is 2.47. The number of hydrogen-bond acceptors (Lipinski definition) is 1. The predicted molar refractivity (Wildman–Crippen MR) is 113 cm³/mol. The lowest BCUT2D eigenvalue weighted by Crippen LogP contribution is -2.34. The van der Waals surface area contributed by atoms with E-state index in [1.165, 1.54) is 27.7 Å². The van der Waals surface area contributed by atoms with Gasteiger partial charge in [-0.3, -0.25) is 4.79 Å². The maximum atomic E-state index is 13.6. The van der Waals surface area contributed by atoms with Crippen LogP contribution in [0.4, 0.5) is 0 Å². The molecule has 0 unspecified atom stereocenters. The van der Waals surface area contributed by atoms with Crippen molar-refractivity contribution >= 4 is 16.8 Å². The quantitative estimate of drug-likeness (QED) is 0.595. The number of aromatic nitrogens is 1. The van der Waals surface area contributed by atoms with Crippen LogP contribution in [0.3, 0.4) is 0 Å². The van der Waals surface area contributed by atoms with Gasteiger partial charge in [0.05, 0.1) is 11.5 Å². The number of nitrogens with zero attached hydrogens (tertiary/aromatic N) is 2. The van der Waals surface area contributed by atoms with E-state index in [4.69, 9.17) is 0 Å². The van der Waals surface area contributed by atoms with Crippen molar-refractivity contribution in [2.75, 3.05) is 6.54 Å². The van der Waals surface area contributed by atoms with Crippen LogP contribution >= 0.6 is 0 Å². The van der Waals surface area contributed by atoms with E-state index in [0.29, 0.717) is 6.54 Å². The smallest absolute Gasteiger partial charge is 0.232 e. The highest BCUT2D eigenvalue weighted by atomic mass is 16.2. The zero-order chi connectivity index (χ0) is 19.3. The Labute approximate surface area is 166 Å². The second-order valence-electron chi connectivity index (χ2n) is 8.33. The number of rotatable bonds is 3. The molecule has 3 heterocycles. The number of amides is 1. The molecular formula is C25H26N2O. The zero-order valence-corrected chi connectivity index (χ0v) is 16.6. The van der Waals surface area contributed by atoms with Crippen molar-refractivity contribution in [2.24, 2.45) is 0 Å². The van der Waals surface area contributed by atoms with E-state index in [1.54, 1.807) is 0 Å². The van der Waals surface area contributed by atoms with Gasteiger partial charge >= 0.3 is 0 Å². The van der Waals surface area contributed by atoms with Crippen molar-refractivity contribution in [1.82, 2.24) is 9.47 Å². The number of benzene rings is 2. The average molecular weight is 370 g/mol. The summed E-state index contributed by atoms with van der Waals surface area (Å²) >= 11 is 0. The fraction of sp³-hybridized carbons (Fsp3) is 0.320. The first-order chi connectivity index (χ1) is 13.6. The number of carbonyl (C=O) groups is 1. The fourth-order valence-electron chi connectivity index (χ4n) is 5.35. The molecule has 0 radical (unpaired) electrons. The molecular weight excluding hydrogens is 344 g/mol. The molecule has 0 spiro atoms. The molecule has 0 aliphatic carbocycles. The molecule has 0 saturated heterocycles. The van der Waals surface area contributed by atoms with E-state index in [9.17, 15) is 4.79 Å². The van der Waals surface area contributed by atoms with Crippen LogP contribution in [-0.2, 0) is 23.3 Å². The number of allylic oxidation sites excluding steroid dienone is 2. The molecule has 5 rings (SSSR count). The van der Waals surface area contributed by atoms with E-state index >= 15 is 0 Å². The van der Waals surface area contributed by atoms with Crippen molar-refractivity contribution in [3.8, 4) is 0 Å². The van der Waals surface area contributed by atoms with Crippen molar-refractivity contribution in [3.05, 3.63) is 83.6 Å². The lowest BCUT2D eigenvalue weighted by Gasteiger charge is -2.26. The lowest BCUT2D eigenvalue weighted by molar-refractivity contribution is -0.133. The summed E-state index contributed by atoms with van der Waals surface area (Å²) in [5.74, 6) is 0.217. The Balaban J connectivity index is 1.64. The van der Waals surface area contributed by atoms with E-state index in [0.717, 1.165) is 19.4 Å². The van der Waals surface area contributed by atoms with Crippen LogP contribution in [0.2, 0.25) is 0 Å². The van der Waals surface area contributed by atoms with Gasteiger partial charge in [0.25, 0.3) is 0 Å². The molecule has 2 atom stereocenters. The third-order valence-corrected chi connectivity index (χ3v) is 6.46. The molecule has 142 valence electrons. The standard InChI is InChI=1S/C25H26N2O/c1-3-14-25(2)16-21-23-20(19-11-7-8-12-22(19)27(23)25)13-15-26(24(21)28)17-18-9-5-4-6-10-18/h3-12,14,21H,13,15-17H2,1-2H3/b14-3+/t21-,25-/m0/s1. The van der Waals surface area contributed by atoms with Gasteiger partial charge in [-0.1, -0.05) is 60.7 Å². The van der Waals surface area contributed by atoms with Gasteiger partial charge in [-0.05, 0) is 43.9 Å². The molecule has 0 N–H and O–H groups in total. The number of hydrogen-bond donors (Lipinski definition) is 0. The summed E-state index contributed by atoms with van der Waals surface area (Å²) in [5, 5.41) is 1.31. The first-order valence-corrected chi connectivity index (χ1v) is 10.2. The van der Waals surface area contributed by atoms with Gasteiger partial charge in [-0.2, -0.15) is 0 Å². The minimum atomic E-state index is -0.155.